The summed E-state index contributed by atoms with van der Waals surface area (Å²) in [5, 5.41) is 9.99. The van der Waals surface area contributed by atoms with Crippen molar-refractivity contribution in [3.8, 4) is 0 Å². The number of Topliss-reactive ketones (excluding diaryl/α,β-unsaturated/α-hetero) is 1. The summed E-state index contributed by atoms with van der Waals surface area (Å²) in [6.45, 7) is 3.71. The third kappa shape index (κ3) is 3.91. The van der Waals surface area contributed by atoms with Gasteiger partial charge in [-0.25, -0.2) is 4.79 Å². The summed E-state index contributed by atoms with van der Waals surface area (Å²) < 4.78 is 4.72. The number of aliphatic hydroxyl groups excluding tert-OH is 1. The Labute approximate surface area is 146 Å². The fourth-order valence-electron chi connectivity index (χ4n) is 2.59. The van der Waals surface area contributed by atoms with E-state index in [1.54, 1.807) is 36.2 Å². The molecule has 0 spiro atoms. The fourth-order valence-corrected chi connectivity index (χ4v) is 2.59. The third-order valence-electron chi connectivity index (χ3n) is 3.92. The summed E-state index contributed by atoms with van der Waals surface area (Å²) in [5.74, 6) is -0.671. The Bertz CT molecular complexity index is 791. The average molecular weight is 342 g/mol. The van der Waals surface area contributed by atoms with Gasteiger partial charge in [0.05, 0.1) is 24.9 Å². The summed E-state index contributed by atoms with van der Waals surface area (Å²) in [6.07, 6.45) is 7.54. The Morgan fingerprint density at radius 1 is 1.36 bits per heavy atom. The standard InChI is InChI=1S/C19H22N2O4/c1-4-6-15-16(22)7-5-8-21(15)11-17(23)13-9-12(2)18(20)14(10-13)19(24)25-3/h5-10,22H,4,11,20H2,1-3H3/b15-6-. The fraction of sp³-hybridized carbons (Fsp3) is 0.263. The number of methoxy groups -OCH3 is 1. The summed E-state index contributed by atoms with van der Waals surface area (Å²) in [7, 11) is 1.26. The van der Waals surface area contributed by atoms with Gasteiger partial charge in [-0.3, -0.25) is 4.79 Å². The van der Waals surface area contributed by atoms with Crippen LogP contribution in [0.4, 0.5) is 5.69 Å². The number of rotatable bonds is 5. The third-order valence-corrected chi connectivity index (χ3v) is 3.92. The molecule has 1 aliphatic heterocycles. The van der Waals surface area contributed by atoms with Crippen LogP contribution in [0.3, 0.4) is 0 Å². The molecule has 3 N–H and O–H groups in total. The Kier molecular flexibility index (Phi) is 5.64. The van der Waals surface area contributed by atoms with E-state index in [0.29, 0.717) is 22.5 Å². The SMILES string of the molecule is CC/C=C1/C(O)=CC=CN1CC(=O)c1cc(C)c(N)c(C(=O)OC)c1. The maximum atomic E-state index is 12.7. The molecule has 0 bridgehead atoms. The van der Waals surface area contributed by atoms with Gasteiger partial charge in [0.15, 0.2) is 5.78 Å². The van der Waals surface area contributed by atoms with E-state index in [4.69, 9.17) is 10.5 Å². The van der Waals surface area contributed by atoms with Crippen molar-refractivity contribution < 1.29 is 19.4 Å². The minimum atomic E-state index is -0.583. The minimum Gasteiger partial charge on any atom is -0.506 e. The lowest BCUT2D eigenvalue weighted by Gasteiger charge is -2.25. The van der Waals surface area contributed by atoms with Crippen LogP contribution >= 0.6 is 0 Å². The number of allylic oxidation sites excluding steroid dienone is 3. The highest BCUT2D eigenvalue weighted by atomic mass is 16.5. The molecule has 132 valence electrons. The van der Waals surface area contributed by atoms with Crippen molar-refractivity contribution in [1.82, 2.24) is 4.90 Å². The molecule has 0 aromatic heterocycles. The molecule has 0 fully saturated rings. The topological polar surface area (TPSA) is 92.9 Å². The number of ether oxygens (including phenoxy) is 1. The van der Waals surface area contributed by atoms with Crippen LogP contribution in [0.2, 0.25) is 0 Å². The second-order valence-electron chi connectivity index (χ2n) is 5.69. The van der Waals surface area contributed by atoms with Crippen molar-refractivity contribution in [2.75, 3.05) is 19.4 Å². The van der Waals surface area contributed by atoms with Crippen molar-refractivity contribution >= 4 is 17.4 Å². The minimum absolute atomic E-state index is 0.0319. The predicted molar refractivity (Wildman–Crippen MR) is 96.2 cm³/mol. The van der Waals surface area contributed by atoms with Gasteiger partial charge in [-0.15, -0.1) is 0 Å². The van der Waals surface area contributed by atoms with Crippen LogP contribution in [-0.2, 0) is 4.74 Å². The molecule has 25 heavy (non-hydrogen) atoms. The second kappa shape index (κ2) is 7.70. The number of aryl methyl sites for hydroxylation is 1. The highest BCUT2D eigenvalue weighted by molar-refractivity contribution is 6.03. The lowest BCUT2D eigenvalue weighted by Crippen LogP contribution is -2.27. The van der Waals surface area contributed by atoms with Crippen LogP contribution in [0.25, 0.3) is 0 Å². The number of carbonyl (C=O) groups excluding carboxylic acids is 2. The number of anilines is 1. The lowest BCUT2D eigenvalue weighted by atomic mass is 10.0. The first kappa shape index (κ1) is 18.3. The quantitative estimate of drug-likeness (QED) is 0.485. The molecule has 0 saturated heterocycles. The number of ketones is 1. The zero-order valence-electron chi connectivity index (χ0n) is 14.6. The van der Waals surface area contributed by atoms with E-state index in [1.807, 2.05) is 13.0 Å². The maximum Gasteiger partial charge on any atom is 0.339 e. The summed E-state index contributed by atoms with van der Waals surface area (Å²) in [4.78, 5) is 26.2. The van der Waals surface area contributed by atoms with E-state index in [-0.39, 0.29) is 23.7 Å². The Balaban J connectivity index is 2.31. The number of esters is 1. The Hall–Kier alpha value is -3.02. The highest BCUT2D eigenvalue weighted by Gasteiger charge is 2.20. The molecule has 0 aliphatic carbocycles. The van der Waals surface area contributed by atoms with Gasteiger partial charge in [0.25, 0.3) is 0 Å². The molecule has 1 aromatic carbocycles. The van der Waals surface area contributed by atoms with Crippen LogP contribution in [-0.4, -0.2) is 35.4 Å². The van der Waals surface area contributed by atoms with Crippen molar-refractivity contribution in [3.63, 3.8) is 0 Å². The Morgan fingerprint density at radius 2 is 2.08 bits per heavy atom. The number of nitrogens with zero attached hydrogens (tertiary/aromatic N) is 1. The molecule has 1 aromatic rings. The highest BCUT2D eigenvalue weighted by Crippen LogP contribution is 2.23. The number of benzene rings is 1. The van der Waals surface area contributed by atoms with Crippen molar-refractivity contribution in [1.29, 1.82) is 0 Å². The zero-order valence-corrected chi connectivity index (χ0v) is 14.6. The molecule has 0 atom stereocenters. The zero-order chi connectivity index (χ0) is 18.6. The van der Waals surface area contributed by atoms with Gasteiger partial charge in [0, 0.05) is 17.5 Å². The molecule has 0 unspecified atom stereocenters. The van der Waals surface area contributed by atoms with Gasteiger partial charge in [0.2, 0.25) is 0 Å². The second-order valence-corrected chi connectivity index (χ2v) is 5.69. The summed E-state index contributed by atoms with van der Waals surface area (Å²) in [6, 6.07) is 3.10. The molecule has 1 heterocycles. The van der Waals surface area contributed by atoms with Crippen LogP contribution in [0.15, 0.2) is 48.0 Å². The first-order valence-corrected chi connectivity index (χ1v) is 7.95. The summed E-state index contributed by atoms with van der Waals surface area (Å²) in [5.41, 5.74) is 7.96. The molecular formula is C19H22N2O4. The van der Waals surface area contributed by atoms with Gasteiger partial charge in [0.1, 0.15) is 5.76 Å². The number of nitrogen functional groups attached to an aromatic ring is 1. The average Bonchev–Trinajstić information content (AvgIpc) is 2.59. The Morgan fingerprint density at radius 3 is 2.72 bits per heavy atom. The van der Waals surface area contributed by atoms with Crippen LogP contribution in [0, 0.1) is 6.92 Å². The molecule has 0 radical (unpaired) electrons. The number of carbonyl (C=O) groups is 2. The molecule has 6 heteroatoms. The van der Waals surface area contributed by atoms with Gasteiger partial charge in [-0.05, 0) is 43.2 Å². The van der Waals surface area contributed by atoms with Gasteiger partial charge in [-0.1, -0.05) is 13.0 Å². The summed E-state index contributed by atoms with van der Waals surface area (Å²) >= 11 is 0. The largest absolute Gasteiger partial charge is 0.506 e. The number of hydrogen-bond donors (Lipinski definition) is 2. The van der Waals surface area contributed by atoms with Gasteiger partial charge in [-0.2, -0.15) is 0 Å². The number of nitrogens with two attached hydrogens (primary N) is 1. The monoisotopic (exact) mass is 342 g/mol. The van der Waals surface area contributed by atoms with E-state index >= 15 is 0 Å². The first-order valence-electron chi connectivity index (χ1n) is 7.95. The molecule has 0 saturated carbocycles. The molecule has 6 nitrogen and oxygen atoms in total. The van der Waals surface area contributed by atoms with E-state index in [1.165, 1.54) is 13.2 Å². The molecular weight excluding hydrogens is 320 g/mol. The molecule has 2 rings (SSSR count). The predicted octanol–water partition coefficient (Wildman–Crippen LogP) is 3.11. The van der Waals surface area contributed by atoms with Crippen molar-refractivity contribution in [3.05, 3.63) is 64.7 Å². The van der Waals surface area contributed by atoms with E-state index in [0.717, 1.165) is 6.42 Å². The molecule has 0 amide bonds. The van der Waals surface area contributed by atoms with Gasteiger partial charge >= 0.3 is 5.97 Å². The number of aliphatic hydroxyl groups is 1. The van der Waals surface area contributed by atoms with E-state index in [9.17, 15) is 14.7 Å². The van der Waals surface area contributed by atoms with Crippen LogP contribution in [0.1, 0.15) is 39.6 Å². The van der Waals surface area contributed by atoms with Gasteiger partial charge < -0.3 is 20.5 Å². The molecule has 1 aliphatic rings. The maximum absolute atomic E-state index is 12.7. The van der Waals surface area contributed by atoms with Crippen LogP contribution < -0.4 is 5.73 Å². The lowest BCUT2D eigenvalue weighted by molar-refractivity contribution is 0.0602. The van der Waals surface area contributed by atoms with Crippen molar-refractivity contribution in [2.24, 2.45) is 0 Å². The van der Waals surface area contributed by atoms with Crippen LogP contribution in [0.5, 0.6) is 0 Å². The normalized spacial score (nSPS) is 15.2. The number of hydrogen-bond acceptors (Lipinski definition) is 6. The van der Waals surface area contributed by atoms with Crippen molar-refractivity contribution in [2.45, 2.75) is 20.3 Å². The first-order chi connectivity index (χ1) is 11.9. The smallest absolute Gasteiger partial charge is 0.339 e. The van der Waals surface area contributed by atoms with E-state index in [2.05, 4.69) is 0 Å². The van der Waals surface area contributed by atoms with E-state index < -0.39 is 5.97 Å².